The summed E-state index contributed by atoms with van der Waals surface area (Å²) in [5.74, 6) is -0.765. The molecule has 2 amide bonds. The van der Waals surface area contributed by atoms with E-state index in [-0.39, 0.29) is 30.4 Å². The molecule has 0 bridgehead atoms. The highest BCUT2D eigenvalue weighted by Gasteiger charge is 2.29. The summed E-state index contributed by atoms with van der Waals surface area (Å²) >= 11 is 0. The minimum Gasteiger partial charge on any atom is -0.354 e. The number of nitrogens with zero attached hydrogens (tertiary/aromatic N) is 1. The predicted octanol–water partition coefficient (Wildman–Crippen LogP) is -0.517. The fraction of sp³-hybridized carbons (Fsp3) is 0.429. The Morgan fingerprint density at radius 1 is 1.39 bits per heavy atom. The smallest absolute Gasteiger partial charge is 0.243 e. The molecule has 23 heavy (non-hydrogen) atoms. The molecule has 2 rings (SSSR count). The van der Waals surface area contributed by atoms with E-state index in [0.717, 1.165) is 4.31 Å². The van der Waals surface area contributed by atoms with Crippen molar-refractivity contribution in [2.24, 2.45) is 5.73 Å². The normalized spacial score (nSPS) is 16.7. The molecule has 0 saturated carbocycles. The highest BCUT2D eigenvalue weighted by molar-refractivity contribution is 7.89. The lowest BCUT2D eigenvalue weighted by molar-refractivity contribution is -0.122. The molecule has 0 atom stereocenters. The van der Waals surface area contributed by atoms with Crippen LogP contribution in [0.2, 0.25) is 0 Å². The van der Waals surface area contributed by atoms with Crippen molar-refractivity contribution >= 4 is 27.5 Å². The third-order valence-corrected chi connectivity index (χ3v) is 5.16. The van der Waals surface area contributed by atoms with Gasteiger partial charge in [-0.3, -0.25) is 9.59 Å². The Balaban J connectivity index is 2.25. The number of hydrogen-bond donors (Lipinski definition) is 3. The molecule has 1 saturated heterocycles. The van der Waals surface area contributed by atoms with E-state index >= 15 is 0 Å². The zero-order valence-corrected chi connectivity index (χ0v) is 13.8. The number of anilines is 1. The number of benzene rings is 1. The number of carbonyl (C=O) groups is 2. The van der Waals surface area contributed by atoms with Crippen LogP contribution in [-0.2, 0) is 19.6 Å². The summed E-state index contributed by atoms with van der Waals surface area (Å²) in [4.78, 5) is 23.3. The van der Waals surface area contributed by atoms with Crippen molar-refractivity contribution in [2.45, 2.75) is 24.3 Å². The summed E-state index contributed by atoms with van der Waals surface area (Å²) in [5.41, 5.74) is 4.95. The third-order valence-electron chi connectivity index (χ3n) is 3.32. The van der Waals surface area contributed by atoms with Crippen molar-refractivity contribution in [3.8, 4) is 0 Å². The average molecular weight is 340 g/mol. The Morgan fingerprint density at radius 2 is 2.09 bits per heavy atom. The molecule has 0 unspecified atom stereocenters. The Labute approximate surface area is 135 Å². The van der Waals surface area contributed by atoms with Gasteiger partial charge in [0.2, 0.25) is 21.8 Å². The van der Waals surface area contributed by atoms with Gasteiger partial charge >= 0.3 is 0 Å². The summed E-state index contributed by atoms with van der Waals surface area (Å²) in [7, 11) is -3.80. The Kier molecular flexibility index (Phi) is 4.73. The topological polar surface area (TPSA) is 122 Å². The van der Waals surface area contributed by atoms with Gasteiger partial charge in [-0.2, -0.15) is 4.31 Å². The van der Waals surface area contributed by atoms with Gasteiger partial charge in [-0.15, -0.1) is 0 Å². The van der Waals surface area contributed by atoms with Crippen molar-refractivity contribution in [2.75, 3.05) is 25.0 Å². The number of sulfonamides is 1. The largest absolute Gasteiger partial charge is 0.354 e. The van der Waals surface area contributed by atoms with E-state index in [0.29, 0.717) is 5.69 Å². The lowest BCUT2D eigenvalue weighted by Gasteiger charge is -2.26. The zero-order valence-electron chi connectivity index (χ0n) is 13.0. The van der Waals surface area contributed by atoms with Gasteiger partial charge in [-0.1, -0.05) is 6.07 Å². The quantitative estimate of drug-likeness (QED) is 0.681. The summed E-state index contributed by atoms with van der Waals surface area (Å²) in [5, 5.41) is 5.15. The molecule has 0 aromatic heterocycles. The molecule has 4 N–H and O–H groups in total. The first-order chi connectivity index (χ1) is 10.6. The molecule has 8 nitrogen and oxygen atoms in total. The van der Waals surface area contributed by atoms with E-state index in [1.807, 2.05) is 0 Å². The van der Waals surface area contributed by atoms with Gasteiger partial charge in [0.15, 0.2) is 0 Å². The number of nitrogens with two attached hydrogens (primary N) is 1. The van der Waals surface area contributed by atoms with Crippen LogP contribution in [0, 0.1) is 0 Å². The van der Waals surface area contributed by atoms with Gasteiger partial charge in [0, 0.05) is 18.8 Å². The van der Waals surface area contributed by atoms with Crippen LogP contribution in [0.25, 0.3) is 0 Å². The second kappa shape index (κ2) is 6.26. The Hall–Kier alpha value is -1.97. The average Bonchev–Trinajstić information content (AvgIpc) is 2.46. The summed E-state index contributed by atoms with van der Waals surface area (Å²) < 4.78 is 26.3. The molecule has 1 aliphatic heterocycles. The van der Waals surface area contributed by atoms with Crippen LogP contribution in [0.4, 0.5) is 5.69 Å². The maximum Gasteiger partial charge on any atom is 0.243 e. The SMILES string of the molecule is CC(C)(N)C(=O)Nc1cccc(S(=O)(=O)N2CCNC(=O)C2)c1. The maximum absolute atomic E-state index is 12.6. The summed E-state index contributed by atoms with van der Waals surface area (Å²) in [6, 6.07) is 5.87. The zero-order chi connectivity index (χ0) is 17.3. The van der Waals surface area contributed by atoms with Gasteiger partial charge in [-0.05, 0) is 32.0 Å². The standard InChI is InChI=1S/C14H20N4O4S/c1-14(2,15)13(20)17-10-4-3-5-11(8-10)23(21,22)18-7-6-16-12(19)9-18/h3-5,8H,6-7,9,15H2,1-2H3,(H,16,19)(H,17,20). The molecule has 9 heteroatoms. The number of amides is 2. The fourth-order valence-corrected chi connectivity index (χ4v) is 3.44. The predicted molar refractivity (Wildman–Crippen MR) is 85.1 cm³/mol. The van der Waals surface area contributed by atoms with Gasteiger partial charge in [-0.25, -0.2) is 8.42 Å². The van der Waals surface area contributed by atoms with Gasteiger partial charge in [0.1, 0.15) is 0 Å². The first-order valence-electron chi connectivity index (χ1n) is 7.08. The maximum atomic E-state index is 12.6. The van der Waals surface area contributed by atoms with Crippen molar-refractivity contribution in [3.63, 3.8) is 0 Å². The molecule has 126 valence electrons. The van der Waals surface area contributed by atoms with Crippen LogP contribution >= 0.6 is 0 Å². The number of carbonyl (C=O) groups excluding carboxylic acids is 2. The van der Waals surface area contributed by atoms with Gasteiger partial charge in [0.25, 0.3) is 0 Å². The van der Waals surface area contributed by atoms with Crippen LogP contribution in [0.3, 0.4) is 0 Å². The lowest BCUT2D eigenvalue weighted by Crippen LogP contribution is -2.49. The van der Waals surface area contributed by atoms with Crippen LogP contribution in [0.15, 0.2) is 29.2 Å². The molecular weight excluding hydrogens is 320 g/mol. The molecule has 0 spiro atoms. The first kappa shape index (κ1) is 17.4. The number of nitrogens with one attached hydrogen (secondary N) is 2. The Morgan fingerprint density at radius 3 is 2.70 bits per heavy atom. The van der Waals surface area contributed by atoms with Crippen LogP contribution in [0.1, 0.15) is 13.8 Å². The van der Waals surface area contributed by atoms with E-state index in [1.54, 1.807) is 19.9 Å². The second-order valence-electron chi connectivity index (χ2n) is 5.89. The minimum absolute atomic E-state index is 0.0137. The molecule has 0 radical (unpaired) electrons. The van der Waals surface area contributed by atoms with E-state index in [4.69, 9.17) is 5.73 Å². The van der Waals surface area contributed by atoms with Crippen molar-refractivity contribution < 1.29 is 18.0 Å². The number of hydrogen-bond acceptors (Lipinski definition) is 5. The second-order valence-corrected chi connectivity index (χ2v) is 7.83. The van der Waals surface area contributed by atoms with Gasteiger partial charge in [0.05, 0.1) is 17.0 Å². The molecular formula is C14H20N4O4S. The van der Waals surface area contributed by atoms with E-state index in [2.05, 4.69) is 10.6 Å². The molecule has 1 aromatic carbocycles. The Bertz CT molecular complexity index is 725. The molecule has 1 fully saturated rings. The third kappa shape index (κ3) is 4.06. The van der Waals surface area contributed by atoms with Crippen LogP contribution < -0.4 is 16.4 Å². The van der Waals surface area contributed by atoms with E-state index in [1.165, 1.54) is 18.2 Å². The fourth-order valence-electron chi connectivity index (χ4n) is 2.00. The molecule has 1 aromatic rings. The molecule has 1 heterocycles. The van der Waals surface area contributed by atoms with E-state index < -0.39 is 21.5 Å². The lowest BCUT2D eigenvalue weighted by atomic mass is 10.1. The van der Waals surface area contributed by atoms with Gasteiger partial charge < -0.3 is 16.4 Å². The monoisotopic (exact) mass is 340 g/mol. The molecule has 0 aliphatic carbocycles. The highest BCUT2D eigenvalue weighted by atomic mass is 32.2. The summed E-state index contributed by atoms with van der Waals surface area (Å²) in [6.45, 7) is 3.37. The first-order valence-corrected chi connectivity index (χ1v) is 8.52. The molecule has 1 aliphatic rings. The number of piperazine rings is 1. The number of rotatable bonds is 4. The summed E-state index contributed by atoms with van der Waals surface area (Å²) in [6.07, 6.45) is 0. The van der Waals surface area contributed by atoms with E-state index in [9.17, 15) is 18.0 Å². The van der Waals surface area contributed by atoms with Crippen molar-refractivity contribution in [1.29, 1.82) is 0 Å². The highest BCUT2D eigenvalue weighted by Crippen LogP contribution is 2.20. The van der Waals surface area contributed by atoms with Crippen LogP contribution in [0.5, 0.6) is 0 Å². The van der Waals surface area contributed by atoms with Crippen molar-refractivity contribution in [3.05, 3.63) is 24.3 Å². The van der Waals surface area contributed by atoms with Crippen molar-refractivity contribution in [1.82, 2.24) is 9.62 Å². The minimum atomic E-state index is -3.80. The van der Waals surface area contributed by atoms with Crippen LogP contribution in [-0.4, -0.2) is 49.7 Å².